The average Bonchev–Trinajstić information content (AvgIpc) is 4.02. The second kappa shape index (κ2) is 15.8. The molecule has 8 aromatic carbocycles. The molecule has 0 amide bonds. The van der Waals surface area contributed by atoms with E-state index in [-0.39, 0.29) is 10.8 Å². The molecular weight excluding hydrogens is 831 g/mol. The van der Waals surface area contributed by atoms with Crippen molar-refractivity contribution in [1.82, 2.24) is 14.1 Å². The molecule has 0 N–H and O–H groups in total. The summed E-state index contributed by atoms with van der Waals surface area (Å²) in [5, 5.41) is 4.83. The Balaban J connectivity index is 0.943. The summed E-state index contributed by atoms with van der Waals surface area (Å²) in [6, 6.07) is 70.0. The molecule has 68 heavy (non-hydrogen) atoms. The van der Waals surface area contributed by atoms with E-state index in [0.29, 0.717) is 6.67 Å². The Kier molecular flexibility index (Phi) is 9.59. The van der Waals surface area contributed by atoms with E-state index < -0.39 is 0 Å². The molecule has 6 heteroatoms. The van der Waals surface area contributed by atoms with Gasteiger partial charge in [0.15, 0.2) is 0 Å². The van der Waals surface area contributed by atoms with Crippen LogP contribution in [0.1, 0.15) is 52.7 Å². The number of rotatable bonds is 7. The van der Waals surface area contributed by atoms with Crippen LogP contribution in [0.3, 0.4) is 0 Å². The SMILES string of the molecule is CC(C)(C)c1ccnc(-n2c3ccccc3c3ccc(Oc4cccc(N5CN(c6cc(C(C)(C)C)ccc6-c6cccc7c6c6ccccc6n7-c6ccccc6)c6ccccc65)c4)cc32)c1. The molecule has 6 nitrogen and oxygen atoms in total. The first-order valence-electron chi connectivity index (χ1n) is 23.6. The van der Waals surface area contributed by atoms with Crippen LogP contribution in [0.25, 0.3) is 66.2 Å². The van der Waals surface area contributed by atoms with E-state index in [1.54, 1.807) is 0 Å². The molecule has 1 aliphatic rings. The van der Waals surface area contributed by atoms with Crippen LogP contribution in [0.5, 0.6) is 11.5 Å². The Hall–Kier alpha value is -8.09. The Bertz CT molecular complexity index is 3730. The van der Waals surface area contributed by atoms with Gasteiger partial charge in [-0.05, 0) is 112 Å². The van der Waals surface area contributed by atoms with Gasteiger partial charge in [0.2, 0.25) is 0 Å². The van der Waals surface area contributed by atoms with Crippen molar-refractivity contribution in [3.05, 3.63) is 211 Å². The number of aromatic nitrogens is 3. The molecule has 0 atom stereocenters. The maximum Gasteiger partial charge on any atom is 0.137 e. The molecule has 4 heterocycles. The van der Waals surface area contributed by atoms with Gasteiger partial charge in [0.1, 0.15) is 24.0 Å². The van der Waals surface area contributed by atoms with Crippen molar-refractivity contribution in [3.8, 4) is 34.1 Å². The monoisotopic (exact) mass is 883 g/mol. The fourth-order valence-electron chi connectivity index (χ4n) is 10.3. The predicted molar refractivity (Wildman–Crippen MR) is 284 cm³/mol. The third-order valence-corrected chi connectivity index (χ3v) is 13.8. The molecule has 0 spiro atoms. The second-order valence-corrected chi connectivity index (χ2v) is 20.1. The molecule has 0 saturated carbocycles. The smallest absolute Gasteiger partial charge is 0.137 e. The average molecular weight is 884 g/mol. The lowest BCUT2D eigenvalue weighted by molar-refractivity contribution is 0.483. The second-order valence-electron chi connectivity index (χ2n) is 20.1. The summed E-state index contributed by atoms with van der Waals surface area (Å²) in [7, 11) is 0. The van der Waals surface area contributed by atoms with Gasteiger partial charge in [-0.3, -0.25) is 4.57 Å². The topological polar surface area (TPSA) is 38.5 Å². The standard InChI is InChI=1S/C62H53N5O/c1-61(2,3)41-30-32-49(50-24-17-29-56-60(50)51-23-11-13-26-53(51)66(56)43-18-8-7-9-19-43)57(36-41)65-40-64(54-27-14-15-28-55(54)65)44-20-16-21-45(38-44)68-46-31-33-48-47-22-10-12-25-52(47)67(58(48)39-46)59-37-42(34-35-63-59)62(4,5)6/h7-39H,40H2,1-6H3. The third kappa shape index (κ3) is 6.90. The van der Waals surface area contributed by atoms with E-state index in [0.717, 1.165) is 56.5 Å². The summed E-state index contributed by atoms with van der Waals surface area (Å²) in [5.74, 6) is 2.43. The zero-order chi connectivity index (χ0) is 46.3. The number of para-hydroxylation sites is 5. The molecule has 11 aromatic rings. The molecule has 12 rings (SSSR count). The number of hydrogen-bond acceptors (Lipinski definition) is 4. The van der Waals surface area contributed by atoms with Crippen LogP contribution in [0, 0.1) is 0 Å². The Morgan fingerprint density at radius 1 is 0.412 bits per heavy atom. The van der Waals surface area contributed by atoms with Gasteiger partial charge in [-0.15, -0.1) is 0 Å². The molecule has 0 aliphatic carbocycles. The first-order valence-corrected chi connectivity index (χ1v) is 23.6. The molecule has 0 unspecified atom stereocenters. The largest absolute Gasteiger partial charge is 0.457 e. The van der Waals surface area contributed by atoms with Gasteiger partial charge in [-0.25, -0.2) is 4.98 Å². The maximum absolute atomic E-state index is 6.82. The summed E-state index contributed by atoms with van der Waals surface area (Å²) in [4.78, 5) is 9.81. The zero-order valence-electron chi connectivity index (χ0n) is 39.4. The number of benzene rings is 8. The summed E-state index contributed by atoms with van der Waals surface area (Å²) >= 11 is 0. The number of hydrogen-bond donors (Lipinski definition) is 0. The first-order chi connectivity index (χ1) is 33.0. The van der Waals surface area contributed by atoms with Crippen LogP contribution in [0.2, 0.25) is 0 Å². The van der Waals surface area contributed by atoms with Gasteiger partial charge in [-0.1, -0.05) is 139 Å². The number of pyridine rings is 1. The minimum Gasteiger partial charge on any atom is -0.457 e. The maximum atomic E-state index is 6.82. The molecule has 0 bridgehead atoms. The quantitative estimate of drug-likeness (QED) is 0.160. The predicted octanol–water partition coefficient (Wildman–Crippen LogP) is 16.6. The lowest BCUT2D eigenvalue weighted by Crippen LogP contribution is -2.25. The molecular formula is C62H53N5O. The van der Waals surface area contributed by atoms with Gasteiger partial charge in [0.05, 0.1) is 39.1 Å². The Morgan fingerprint density at radius 2 is 1.03 bits per heavy atom. The number of anilines is 4. The highest BCUT2D eigenvalue weighted by atomic mass is 16.5. The highest BCUT2D eigenvalue weighted by molar-refractivity contribution is 6.17. The van der Waals surface area contributed by atoms with Crippen LogP contribution >= 0.6 is 0 Å². The molecule has 0 radical (unpaired) electrons. The van der Waals surface area contributed by atoms with Crippen molar-refractivity contribution in [2.45, 2.75) is 52.4 Å². The number of ether oxygens (including phenoxy) is 1. The Morgan fingerprint density at radius 3 is 1.81 bits per heavy atom. The normalized spacial score (nSPS) is 13.0. The van der Waals surface area contributed by atoms with Crippen LogP contribution in [-0.4, -0.2) is 20.8 Å². The molecule has 0 fully saturated rings. The number of nitrogens with zero attached hydrogens (tertiary/aromatic N) is 5. The highest BCUT2D eigenvalue weighted by Crippen LogP contribution is 2.50. The van der Waals surface area contributed by atoms with E-state index in [4.69, 9.17) is 9.72 Å². The Labute approximate surface area is 397 Å². The summed E-state index contributed by atoms with van der Waals surface area (Å²) in [6.07, 6.45) is 1.92. The van der Waals surface area contributed by atoms with Crippen molar-refractivity contribution in [2.75, 3.05) is 16.5 Å². The molecule has 3 aromatic heterocycles. The summed E-state index contributed by atoms with van der Waals surface area (Å²) < 4.78 is 11.5. The first kappa shape index (κ1) is 41.3. The number of fused-ring (bicyclic) bond motifs is 7. The van der Waals surface area contributed by atoms with Crippen molar-refractivity contribution >= 4 is 66.4 Å². The summed E-state index contributed by atoms with van der Waals surface area (Å²) in [6.45, 7) is 14.3. The van der Waals surface area contributed by atoms with Crippen LogP contribution in [-0.2, 0) is 10.8 Å². The van der Waals surface area contributed by atoms with E-state index in [2.05, 4.69) is 255 Å². The van der Waals surface area contributed by atoms with Crippen molar-refractivity contribution < 1.29 is 4.74 Å². The van der Waals surface area contributed by atoms with Gasteiger partial charge in [-0.2, -0.15) is 0 Å². The third-order valence-electron chi connectivity index (χ3n) is 13.8. The van der Waals surface area contributed by atoms with Crippen LogP contribution < -0.4 is 14.5 Å². The van der Waals surface area contributed by atoms with Crippen molar-refractivity contribution in [3.63, 3.8) is 0 Å². The lowest BCUT2D eigenvalue weighted by atomic mass is 9.85. The summed E-state index contributed by atoms with van der Waals surface area (Å²) in [5.41, 5.74) is 15.1. The van der Waals surface area contributed by atoms with Gasteiger partial charge < -0.3 is 19.1 Å². The van der Waals surface area contributed by atoms with Crippen molar-refractivity contribution in [2.24, 2.45) is 0 Å². The van der Waals surface area contributed by atoms with E-state index in [1.807, 2.05) is 6.20 Å². The minimum atomic E-state index is -0.0580. The molecule has 332 valence electrons. The van der Waals surface area contributed by atoms with E-state index >= 15 is 0 Å². The van der Waals surface area contributed by atoms with Crippen LogP contribution in [0.4, 0.5) is 22.7 Å². The minimum absolute atomic E-state index is 0.0124. The molecule has 0 saturated heterocycles. The zero-order valence-corrected chi connectivity index (χ0v) is 39.4. The fraction of sp³-hybridized carbons (Fsp3) is 0.145. The van der Waals surface area contributed by atoms with Gasteiger partial charge >= 0.3 is 0 Å². The van der Waals surface area contributed by atoms with E-state index in [9.17, 15) is 0 Å². The van der Waals surface area contributed by atoms with Crippen LogP contribution in [0.15, 0.2) is 200 Å². The highest BCUT2D eigenvalue weighted by Gasteiger charge is 2.31. The fourth-order valence-corrected chi connectivity index (χ4v) is 10.3. The van der Waals surface area contributed by atoms with Gasteiger partial charge in [0.25, 0.3) is 0 Å². The van der Waals surface area contributed by atoms with E-state index in [1.165, 1.54) is 55.1 Å². The molecule has 1 aliphatic heterocycles. The van der Waals surface area contributed by atoms with Crippen molar-refractivity contribution in [1.29, 1.82) is 0 Å². The lowest BCUT2D eigenvalue weighted by Gasteiger charge is -2.28. The van der Waals surface area contributed by atoms with Gasteiger partial charge in [0, 0.05) is 56.8 Å².